The Kier molecular flexibility index (Phi) is 4.27. The van der Waals surface area contributed by atoms with E-state index in [9.17, 15) is 4.79 Å². The number of allylic oxidation sites excluding steroid dienone is 2. The number of Topliss-reactive ketones (excluding diaryl/α,β-unsaturated/α-hetero) is 1. The lowest BCUT2D eigenvalue weighted by Gasteiger charge is -2.06. The van der Waals surface area contributed by atoms with Gasteiger partial charge in [0.05, 0.1) is 6.26 Å². The van der Waals surface area contributed by atoms with Gasteiger partial charge in [-0.05, 0) is 13.0 Å². The Labute approximate surface area is 67.6 Å². The van der Waals surface area contributed by atoms with E-state index in [0.29, 0.717) is 5.76 Å². The van der Waals surface area contributed by atoms with Gasteiger partial charge in [0, 0.05) is 5.92 Å². The number of ether oxygens (including phenoxy) is 1. The summed E-state index contributed by atoms with van der Waals surface area (Å²) in [5.74, 6) is 0.351. The Balaban J connectivity index is 4.27. The number of carbonyl (C=O) groups is 1. The summed E-state index contributed by atoms with van der Waals surface area (Å²) in [6.07, 6.45) is 2.90. The predicted octanol–water partition coefficient (Wildman–Crippen LogP) is 2.28. The van der Waals surface area contributed by atoms with Crippen molar-refractivity contribution in [3.05, 3.63) is 24.7 Å². The molecule has 0 fully saturated rings. The third kappa shape index (κ3) is 3.03. The highest BCUT2D eigenvalue weighted by molar-refractivity contribution is 5.94. The quantitative estimate of drug-likeness (QED) is 0.458. The van der Waals surface area contributed by atoms with Gasteiger partial charge < -0.3 is 4.74 Å². The molecular formula is C9H14O2. The van der Waals surface area contributed by atoms with Crippen molar-refractivity contribution in [1.82, 2.24) is 0 Å². The number of hydrogen-bond acceptors (Lipinski definition) is 2. The first-order valence-electron chi connectivity index (χ1n) is 3.61. The van der Waals surface area contributed by atoms with Crippen molar-refractivity contribution in [1.29, 1.82) is 0 Å². The van der Waals surface area contributed by atoms with E-state index in [-0.39, 0.29) is 11.7 Å². The van der Waals surface area contributed by atoms with Gasteiger partial charge in [-0.1, -0.05) is 20.4 Å². The zero-order valence-electron chi connectivity index (χ0n) is 7.26. The normalized spacial score (nSPS) is 11.5. The van der Waals surface area contributed by atoms with Crippen LogP contribution in [0.3, 0.4) is 0 Å². The summed E-state index contributed by atoms with van der Waals surface area (Å²) in [5, 5.41) is 0. The monoisotopic (exact) mass is 154 g/mol. The fraction of sp³-hybridized carbons (Fsp3) is 0.444. The standard InChI is InChI=1S/C9H14O2/c1-5-8(11-6-2)9(10)7(3)4/h5-7H,2H2,1,3-4H3. The third-order valence-corrected chi connectivity index (χ3v) is 1.24. The molecule has 0 rings (SSSR count). The molecule has 0 aliphatic carbocycles. The molecule has 2 nitrogen and oxygen atoms in total. The lowest BCUT2D eigenvalue weighted by Crippen LogP contribution is -2.10. The van der Waals surface area contributed by atoms with Gasteiger partial charge in [-0.3, -0.25) is 4.79 Å². The fourth-order valence-corrected chi connectivity index (χ4v) is 0.643. The number of hydrogen-bond donors (Lipinski definition) is 0. The van der Waals surface area contributed by atoms with E-state index in [2.05, 4.69) is 6.58 Å². The molecule has 0 aliphatic rings. The third-order valence-electron chi connectivity index (χ3n) is 1.24. The minimum Gasteiger partial charge on any atom is -0.462 e. The van der Waals surface area contributed by atoms with Gasteiger partial charge in [0.2, 0.25) is 0 Å². The van der Waals surface area contributed by atoms with E-state index < -0.39 is 0 Å². The minimum atomic E-state index is -0.0267. The molecule has 0 saturated heterocycles. The van der Waals surface area contributed by atoms with Crippen LogP contribution < -0.4 is 0 Å². The maximum Gasteiger partial charge on any atom is 0.200 e. The zero-order valence-corrected chi connectivity index (χ0v) is 7.26. The molecule has 0 heterocycles. The lowest BCUT2D eigenvalue weighted by atomic mass is 10.1. The summed E-state index contributed by atoms with van der Waals surface area (Å²) >= 11 is 0. The van der Waals surface area contributed by atoms with Gasteiger partial charge in [0.25, 0.3) is 0 Å². The molecule has 0 unspecified atom stereocenters. The first-order chi connectivity index (χ1) is 5.13. The van der Waals surface area contributed by atoms with Crippen LogP contribution in [-0.2, 0) is 9.53 Å². The molecule has 0 aromatic rings. The highest BCUT2D eigenvalue weighted by Gasteiger charge is 2.12. The van der Waals surface area contributed by atoms with Crippen molar-refractivity contribution in [2.75, 3.05) is 0 Å². The molecule has 0 bridgehead atoms. The van der Waals surface area contributed by atoms with Crippen molar-refractivity contribution in [2.45, 2.75) is 20.8 Å². The molecule has 0 aliphatic heterocycles. The Hall–Kier alpha value is -1.05. The van der Waals surface area contributed by atoms with E-state index in [1.54, 1.807) is 13.0 Å². The zero-order chi connectivity index (χ0) is 8.85. The van der Waals surface area contributed by atoms with Crippen molar-refractivity contribution in [2.24, 2.45) is 5.92 Å². The van der Waals surface area contributed by atoms with Gasteiger partial charge >= 0.3 is 0 Å². The van der Waals surface area contributed by atoms with E-state index in [4.69, 9.17) is 4.74 Å². The van der Waals surface area contributed by atoms with Crippen LogP contribution >= 0.6 is 0 Å². The predicted molar refractivity (Wildman–Crippen MR) is 44.9 cm³/mol. The first-order valence-corrected chi connectivity index (χ1v) is 3.61. The summed E-state index contributed by atoms with van der Waals surface area (Å²) < 4.78 is 4.89. The van der Waals surface area contributed by atoms with Crippen LogP contribution in [0.2, 0.25) is 0 Å². The maximum atomic E-state index is 11.2. The second kappa shape index (κ2) is 4.72. The highest BCUT2D eigenvalue weighted by atomic mass is 16.5. The molecule has 0 aromatic heterocycles. The van der Waals surface area contributed by atoms with E-state index in [1.165, 1.54) is 6.26 Å². The Morgan fingerprint density at radius 1 is 1.55 bits per heavy atom. The van der Waals surface area contributed by atoms with Crippen molar-refractivity contribution in [3.8, 4) is 0 Å². The van der Waals surface area contributed by atoms with Crippen LogP contribution in [0.25, 0.3) is 0 Å². The van der Waals surface area contributed by atoms with Gasteiger partial charge in [0.1, 0.15) is 0 Å². The molecular weight excluding hydrogens is 140 g/mol. The Bertz CT molecular complexity index is 178. The smallest absolute Gasteiger partial charge is 0.200 e. The summed E-state index contributed by atoms with van der Waals surface area (Å²) in [6, 6.07) is 0. The lowest BCUT2D eigenvalue weighted by molar-refractivity contribution is -0.120. The summed E-state index contributed by atoms with van der Waals surface area (Å²) in [4.78, 5) is 11.2. The largest absolute Gasteiger partial charge is 0.462 e. The van der Waals surface area contributed by atoms with Crippen LogP contribution in [0.4, 0.5) is 0 Å². The van der Waals surface area contributed by atoms with E-state index in [1.807, 2.05) is 13.8 Å². The van der Waals surface area contributed by atoms with Crippen molar-refractivity contribution in [3.63, 3.8) is 0 Å². The average molecular weight is 154 g/mol. The summed E-state index contributed by atoms with van der Waals surface area (Å²) in [7, 11) is 0. The van der Waals surface area contributed by atoms with Gasteiger partial charge in [0.15, 0.2) is 11.5 Å². The van der Waals surface area contributed by atoms with Gasteiger partial charge in [-0.25, -0.2) is 0 Å². The molecule has 0 saturated carbocycles. The van der Waals surface area contributed by atoms with Crippen LogP contribution in [-0.4, -0.2) is 5.78 Å². The second-order valence-electron chi connectivity index (χ2n) is 2.46. The highest BCUT2D eigenvalue weighted by Crippen LogP contribution is 2.07. The molecule has 2 heteroatoms. The van der Waals surface area contributed by atoms with Crippen molar-refractivity contribution < 1.29 is 9.53 Å². The Morgan fingerprint density at radius 3 is 2.36 bits per heavy atom. The van der Waals surface area contributed by atoms with Crippen molar-refractivity contribution >= 4 is 5.78 Å². The molecule has 0 atom stereocenters. The van der Waals surface area contributed by atoms with Crippen LogP contribution in [0.15, 0.2) is 24.7 Å². The SMILES string of the molecule is C=COC(=CC)C(=O)C(C)C. The molecule has 11 heavy (non-hydrogen) atoms. The van der Waals surface area contributed by atoms with Gasteiger partial charge in [-0.2, -0.15) is 0 Å². The maximum absolute atomic E-state index is 11.2. The van der Waals surface area contributed by atoms with E-state index in [0.717, 1.165) is 0 Å². The second-order valence-corrected chi connectivity index (χ2v) is 2.46. The van der Waals surface area contributed by atoms with Crippen LogP contribution in [0.1, 0.15) is 20.8 Å². The summed E-state index contributed by atoms with van der Waals surface area (Å²) in [5.41, 5.74) is 0. The Morgan fingerprint density at radius 2 is 2.09 bits per heavy atom. The van der Waals surface area contributed by atoms with Gasteiger partial charge in [-0.15, -0.1) is 0 Å². The topological polar surface area (TPSA) is 26.3 Å². The molecule has 62 valence electrons. The number of carbonyl (C=O) groups excluding carboxylic acids is 1. The molecule has 0 spiro atoms. The molecule has 0 radical (unpaired) electrons. The minimum absolute atomic E-state index is 0.00685. The first kappa shape index (κ1) is 9.95. The average Bonchev–Trinajstić information content (AvgIpc) is 1.98. The number of ketones is 1. The molecule has 0 aromatic carbocycles. The van der Waals surface area contributed by atoms with E-state index >= 15 is 0 Å². The molecule has 0 amide bonds. The fourth-order valence-electron chi connectivity index (χ4n) is 0.643. The van der Waals surface area contributed by atoms with Crippen LogP contribution in [0.5, 0.6) is 0 Å². The number of rotatable bonds is 4. The van der Waals surface area contributed by atoms with Crippen LogP contribution in [0, 0.1) is 5.92 Å². The summed E-state index contributed by atoms with van der Waals surface area (Å²) in [6.45, 7) is 8.80. The molecule has 0 N–H and O–H groups in total.